The van der Waals surface area contributed by atoms with Crippen molar-refractivity contribution in [2.24, 2.45) is 21.4 Å². The van der Waals surface area contributed by atoms with Crippen molar-refractivity contribution in [2.75, 3.05) is 0 Å². The fourth-order valence-corrected chi connectivity index (χ4v) is 4.92. The molecule has 0 aliphatic heterocycles. The van der Waals surface area contributed by atoms with E-state index in [2.05, 4.69) is 47.2 Å². The fraction of sp³-hybridized carbons (Fsp3) is 0.571. The van der Waals surface area contributed by atoms with E-state index >= 15 is 0 Å². The van der Waals surface area contributed by atoms with Crippen molar-refractivity contribution in [1.82, 2.24) is 5.32 Å². The lowest BCUT2D eigenvalue weighted by Gasteiger charge is -2.39. The first kappa shape index (κ1) is 20.1. The normalized spacial score (nSPS) is 30.0. The third kappa shape index (κ3) is 3.02. The number of carbonyl (C=O) groups is 2. The summed E-state index contributed by atoms with van der Waals surface area (Å²) in [6.45, 7) is 10.4. The molecular weight excluding hydrogens is 408 g/mol. The lowest BCUT2D eigenvalue weighted by molar-refractivity contribution is -0.136. The van der Waals surface area contributed by atoms with E-state index in [0.29, 0.717) is 12.0 Å². The van der Waals surface area contributed by atoms with Crippen LogP contribution in [0.1, 0.15) is 64.2 Å². The van der Waals surface area contributed by atoms with Gasteiger partial charge >= 0.3 is 5.97 Å². The molecule has 1 aromatic rings. The van der Waals surface area contributed by atoms with Gasteiger partial charge < -0.3 is 10.2 Å². The summed E-state index contributed by atoms with van der Waals surface area (Å²) >= 11 is 3.35. The van der Waals surface area contributed by atoms with Crippen LogP contribution < -0.4 is 5.32 Å². The Kier molecular flexibility index (Phi) is 5.00. The number of carbonyl (C=O) groups excluding carboxylic acids is 2. The Labute approximate surface area is 169 Å². The Morgan fingerprint density at radius 3 is 2.37 bits per heavy atom. The molecule has 1 amide bonds. The van der Waals surface area contributed by atoms with Gasteiger partial charge in [-0.25, -0.2) is 4.79 Å². The molecule has 1 N–H and O–H groups in total. The zero-order chi connectivity index (χ0) is 20.0. The highest BCUT2D eigenvalue weighted by molar-refractivity contribution is 9.10. The molecular formula is C21H27BrN2O3. The lowest BCUT2D eigenvalue weighted by atomic mass is 9.64. The van der Waals surface area contributed by atoms with Crippen LogP contribution in [0.2, 0.25) is 0 Å². The smallest absolute Gasteiger partial charge is 0.353 e. The molecule has 27 heavy (non-hydrogen) atoms. The van der Waals surface area contributed by atoms with Crippen LogP contribution >= 0.6 is 15.9 Å². The SMILES string of the molecule is CC(C)NC(=O)C12CCC(C)(C(=NOC(=O)c3ccc(Br)cc3)C1)C2(C)C. The van der Waals surface area contributed by atoms with E-state index in [9.17, 15) is 9.59 Å². The summed E-state index contributed by atoms with van der Waals surface area (Å²) in [6, 6.07) is 7.05. The van der Waals surface area contributed by atoms with Gasteiger partial charge in [0.1, 0.15) is 0 Å². The molecule has 2 saturated carbocycles. The molecule has 0 radical (unpaired) electrons. The van der Waals surface area contributed by atoms with Crippen molar-refractivity contribution >= 4 is 33.5 Å². The fourth-order valence-electron chi connectivity index (χ4n) is 4.66. The van der Waals surface area contributed by atoms with Crippen LogP contribution in [-0.2, 0) is 9.63 Å². The summed E-state index contributed by atoms with van der Waals surface area (Å²) in [4.78, 5) is 30.6. The van der Waals surface area contributed by atoms with Crippen LogP contribution in [0.5, 0.6) is 0 Å². The van der Waals surface area contributed by atoms with Gasteiger partial charge in [0, 0.05) is 22.4 Å². The van der Waals surface area contributed by atoms with Crippen LogP contribution in [0.3, 0.4) is 0 Å². The minimum absolute atomic E-state index is 0.0793. The lowest BCUT2D eigenvalue weighted by Crippen LogP contribution is -2.48. The third-order valence-electron chi connectivity index (χ3n) is 6.91. The van der Waals surface area contributed by atoms with Crippen molar-refractivity contribution in [3.05, 3.63) is 34.3 Å². The van der Waals surface area contributed by atoms with Gasteiger partial charge in [0.25, 0.3) is 0 Å². The molecule has 146 valence electrons. The number of hydrogen-bond acceptors (Lipinski definition) is 4. The first-order chi connectivity index (χ1) is 12.5. The molecule has 0 saturated heterocycles. The molecule has 2 aliphatic carbocycles. The predicted molar refractivity (Wildman–Crippen MR) is 108 cm³/mol. The number of oxime groups is 1. The van der Waals surface area contributed by atoms with Gasteiger partial charge in [0.15, 0.2) is 0 Å². The van der Waals surface area contributed by atoms with Crippen LogP contribution in [0.4, 0.5) is 0 Å². The minimum Gasteiger partial charge on any atom is -0.353 e. The Morgan fingerprint density at radius 2 is 1.78 bits per heavy atom. The first-order valence-electron chi connectivity index (χ1n) is 9.39. The van der Waals surface area contributed by atoms with Crippen molar-refractivity contribution in [3.8, 4) is 0 Å². The Bertz CT molecular complexity index is 800. The predicted octanol–water partition coefficient (Wildman–Crippen LogP) is 4.70. The molecule has 6 heteroatoms. The topological polar surface area (TPSA) is 67.8 Å². The van der Waals surface area contributed by atoms with Crippen molar-refractivity contribution < 1.29 is 14.4 Å². The van der Waals surface area contributed by atoms with Crippen LogP contribution in [-0.4, -0.2) is 23.6 Å². The highest BCUT2D eigenvalue weighted by Gasteiger charge is 2.71. The van der Waals surface area contributed by atoms with Gasteiger partial charge in [-0.05, 0) is 56.4 Å². The number of hydrogen-bond donors (Lipinski definition) is 1. The maximum atomic E-state index is 13.1. The van der Waals surface area contributed by atoms with E-state index in [-0.39, 0.29) is 22.8 Å². The number of halogens is 1. The second-order valence-corrected chi connectivity index (χ2v) is 9.68. The van der Waals surface area contributed by atoms with E-state index in [1.165, 1.54) is 0 Å². The highest BCUT2D eigenvalue weighted by Crippen LogP contribution is 2.71. The zero-order valence-electron chi connectivity index (χ0n) is 16.6. The molecule has 1 aromatic carbocycles. The van der Waals surface area contributed by atoms with Crippen molar-refractivity contribution in [2.45, 2.75) is 59.9 Å². The van der Waals surface area contributed by atoms with Gasteiger partial charge in [-0.1, -0.05) is 41.9 Å². The summed E-state index contributed by atoms with van der Waals surface area (Å²) in [5.41, 5.74) is 0.225. The Balaban J connectivity index is 1.85. The van der Waals surface area contributed by atoms with Crippen LogP contribution in [0, 0.1) is 16.2 Å². The second-order valence-electron chi connectivity index (χ2n) is 8.77. The molecule has 2 unspecified atom stereocenters. The summed E-state index contributed by atoms with van der Waals surface area (Å²) in [6.07, 6.45) is 2.22. The monoisotopic (exact) mass is 434 g/mol. The quantitative estimate of drug-likeness (QED) is 0.551. The van der Waals surface area contributed by atoms with Gasteiger partial charge in [0.2, 0.25) is 5.91 Å². The van der Waals surface area contributed by atoms with E-state index < -0.39 is 11.4 Å². The molecule has 2 aliphatic rings. The summed E-state index contributed by atoms with van der Waals surface area (Å²) in [5.74, 6) is -0.407. The number of amides is 1. The molecule has 2 atom stereocenters. The first-order valence-corrected chi connectivity index (χ1v) is 10.2. The zero-order valence-corrected chi connectivity index (χ0v) is 18.1. The second kappa shape index (κ2) is 6.73. The minimum atomic E-state index is -0.505. The van der Waals surface area contributed by atoms with Gasteiger partial charge in [0.05, 0.1) is 16.7 Å². The van der Waals surface area contributed by atoms with Crippen molar-refractivity contribution in [1.29, 1.82) is 0 Å². The standard InChI is InChI=1S/C21H27BrN2O3/c1-13(2)23-18(26)21-11-10-20(5,19(21,3)4)16(12-21)24-27-17(25)14-6-8-15(22)9-7-14/h6-9,13H,10-12H2,1-5H3,(H,23,26). The van der Waals surface area contributed by atoms with Crippen LogP contribution in [0.15, 0.2) is 33.9 Å². The summed E-state index contributed by atoms with van der Waals surface area (Å²) in [5, 5.41) is 7.34. The maximum absolute atomic E-state index is 13.1. The Hall–Kier alpha value is -1.69. The number of fused-ring (bicyclic) bond motifs is 2. The van der Waals surface area contributed by atoms with Gasteiger partial charge in [-0.2, -0.15) is 0 Å². The average Bonchev–Trinajstić information content (AvgIpc) is 2.90. The number of nitrogens with one attached hydrogen (secondary N) is 1. The average molecular weight is 435 g/mol. The number of rotatable bonds is 4. The highest BCUT2D eigenvalue weighted by atomic mass is 79.9. The van der Waals surface area contributed by atoms with E-state index in [4.69, 9.17) is 4.84 Å². The maximum Gasteiger partial charge on any atom is 0.365 e. The Morgan fingerprint density at radius 1 is 1.15 bits per heavy atom. The number of benzene rings is 1. The molecule has 2 bridgehead atoms. The van der Waals surface area contributed by atoms with E-state index in [1.807, 2.05) is 13.8 Å². The van der Waals surface area contributed by atoms with E-state index in [1.54, 1.807) is 24.3 Å². The summed E-state index contributed by atoms with van der Waals surface area (Å²) < 4.78 is 0.894. The molecule has 5 nitrogen and oxygen atoms in total. The number of nitrogens with zero attached hydrogens (tertiary/aromatic N) is 1. The van der Waals surface area contributed by atoms with E-state index in [0.717, 1.165) is 23.0 Å². The molecule has 3 rings (SSSR count). The molecule has 2 fully saturated rings. The third-order valence-corrected chi connectivity index (χ3v) is 7.44. The van der Waals surface area contributed by atoms with Crippen molar-refractivity contribution in [3.63, 3.8) is 0 Å². The molecule has 0 aromatic heterocycles. The molecule has 0 spiro atoms. The van der Waals surface area contributed by atoms with Gasteiger partial charge in [-0.3, -0.25) is 4.79 Å². The van der Waals surface area contributed by atoms with Gasteiger partial charge in [-0.15, -0.1) is 0 Å². The molecule has 0 heterocycles. The van der Waals surface area contributed by atoms with Crippen LogP contribution in [0.25, 0.3) is 0 Å². The largest absolute Gasteiger partial charge is 0.365 e. The summed E-state index contributed by atoms with van der Waals surface area (Å²) in [7, 11) is 0.